The van der Waals surface area contributed by atoms with Crippen LogP contribution in [0, 0.1) is 0 Å². The predicted octanol–water partition coefficient (Wildman–Crippen LogP) is 17.8. The highest BCUT2D eigenvalue weighted by Gasteiger charge is 2.39. The molecule has 2 aliphatic carbocycles. The number of thiophene rings is 1. The Balaban J connectivity index is 0.891. The summed E-state index contributed by atoms with van der Waals surface area (Å²) in [5, 5.41) is 15.3. The van der Waals surface area contributed by atoms with Crippen molar-refractivity contribution in [2.75, 3.05) is 0 Å². The lowest BCUT2D eigenvalue weighted by atomic mass is 9.76. The molecule has 12 aromatic rings. The summed E-state index contributed by atoms with van der Waals surface area (Å²) in [6.45, 7) is 4.89. The van der Waals surface area contributed by atoms with Crippen LogP contribution < -0.4 is 0 Å². The first-order valence-electron chi connectivity index (χ1n) is 22.2. The summed E-state index contributed by atoms with van der Waals surface area (Å²) in [5.74, 6) is 0. The van der Waals surface area contributed by atoms with Gasteiger partial charge in [-0.2, -0.15) is 0 Å². The molecule has 2 aliphatic rings. The van der Waals surface area contributed by atoms with E-state index < -0.39 is 0 Å². The van der Waals surface area contributed by atoms with E-state index in [4.69, 9.17) is 4.42 Å². The molecule has 0 amide bonds. The average Bonchev–Trinajstić information content (AvgIpc) is 3.96. The quantitative estimate of drug-likeness (QED) is 0.162. The topological polar surface area (TPSA) is 13.1 Å². The lowest BCUT2D eigenvalue weighted by Gasteiger charge is -2.28. The number of hydrogen-bond acceptors (Lipinski definition) is 2. The Bertz CT molecular complexity index is 4000. The number of allylic oxidation sites excluding steroid dienone is 4. The van der Waals surface area contributed by atoms with Crippen LogP contribution in [0.5, 0.6) is 0 Å². The van der Waals surface area contributed by atoms with Gasteiger partial charge in [0.05, 0.1) is 0 Å². The van der Waals surface area contributed by atoms with Gasteiger partial charge in [-0.15, -0.1) is 11.3 Å². The van der Waals surface area contributed by atoms with Crippen LogP contribution in [0.3, 0.4) is 0 Å². The van der Waals surface area contributed by atoms with Crippen LogP contribution in [0.4, 0.5) is 0 Å². The van der Waals surface area contributed by atoms with Crippen LogP contribution in [0.15, 0.2) is 192 Å². The minimum atomic E-state index is -0.0659. The molecule has 14 rings (SSSR count). The van der Waals surface area contributed by atoms with Gasteiger partial charge in [0, 0.05) is 36.4 Å². The van der Waals surface area contributed by atoms with Crippen molar-refractivity contribution in [2.45, 2.75) is 32.1 Å². The molecule has 0 spiro atoms. The van der Waals surface area contributed by atoms with Crippen molar-refractivity contribution in [2.24, 2.45) is 0 Å². The van der Waals surface area contributed by atoms with Crippen LogP contribution in [0.2, 0.25) is 0 Å². The molecular weight excluding hydrogens is 781 g/mol. The van der Waals surface area contributed by atoms with Crippen LogP contribution in [-0.2, 0) is 5.41 Å². The molecule has 2 heteroatoms. The molecule has 0 radical (unpaired) electrons. The summed E-state index contributed by atoms with van der Waals surface area (Å²) in [5.41, 5.74) is 15.5. The second-order valence-electron chi connectivity index (χ2n) is 18.3. The minimum Gasteiger partial charge on any atom is -0.456 e. The van der Waals surface area contributed by atoms with Gasteiger partial charge in [-0.05, 0) is 155 Å². The fourth-order valence-corrected chi connectivity index (χ4v) is 12.7. The maximum absolute atomic E-state index is 6.30. The maximum atomic E-state index is 6.30. The predicted molar refractivity (Wildman–Crippen MR) is 271 cm³/mol. The van der Waals surface area contributed by atoms with E-state index in [1.54, 1.807) is 5.57 Å². The van der Waals surface area contributed by atoms with Crippen molar-refractivity contribution in [1.29, 1.82) is 0 Å². The smallest absolute Gasteiger partial charge is 0.136 e. The van der Waals surface area contributed by atoms with Crippen LogP contribution in [-0.4, -0.2) is 0 Å². The van der Waals surface area contributed by atoms with Crippen LogP contribution >= 0.6 is 11.3 Å². The highest BCUT2D eigenvalue weighted by Crippen LogP contribution is 2.54. The van der Waals surface area contributed by atoms with Gasteiger partial charge in [0.15, 0.2) is 0 Å². The summed E-state index contributed by atoms with van der Waals surface area (Å²) in [4.78, 5) is 0. The first kappa shape index (κ1) is 35.3. The largest absolute Gasteiger partial charge is 0.456 e. The molecule has 10 aromatic carbocycles. The molecule has 0 saturated heterocycles. The molecule has 2 aromatic heterocycles. The highest BCUT2D eigenvalue weighted by molar-refractivity contribution is 7.25. The molecule has 0 bridgehead atoms. The molecule has 0 N–H and O–H groups in total. The van der Waals surface area contributed by atoms with E-state index in [0.717, 1.165) is 24.0 Å². The minimum absolute atomic E-state index is 0.0659. The highest BCUT2D eigenvalue weighted by atomic mass is 32.1. The van der Waals surface area contributed by atoms with Crippen molar-refractivity contribution in [3.05, 3.63) is 204 Å². The number of para-hydroxylation sites is 1. The second kappa shape index (κ2) is 12.9. The molecular formula is C61H40OS. The molecule has 0 aliphatic heterocycles. The Morgan fingerprint density at radius 2 is 1.10 bits per heavy atom. The molecule has 63 heavy (non-hydrogen) atoms. The van der Waals surface area contributed by atoms with Gasteiger partial charge in [-0.1, -0.05) is 153 Å². The van der Waals surface area contributed by atoms with E-state index in [1.165, 1.54) is 124 Å². The molecule has 0 fully saturated rings. The zero-order chi connectivity index (χ0) is 41.6. The third-order valence-electron chi connectivity index (χ3n) is 14.6. The molecule has 2 heterocycles. The molecule has 0 unspecified atom stereocenters. The second-order valence-corrected chi connectivity index (χ2v) is 19.4. The van der Waals surface area contributed by atoms with Crippen molar-refractivity contribution in [3.8, 4) is 22.3 Å². The van der Waals surface area contributed by atoms with Gasteiger partial charge in [0.2, 0.25) is 0 Å². The summed E-state index contributed by atoms with van der Waals surface area (Å²) in [7, 11) is 0. The normalized spacial score (nSPS) is 14.9. The Morgan fingerprint density at radius 1 is 0.444 bits per heavy atom. The van der Waals surface area contributed by atoms with Crippen molar-refractivity contribution in [1.82, 2.24) is 0 Å². The van der Waals surface area contributed by atoms with Gasteiger partial charge in [-0.25, -0.2) is 0 Å². The first-order chi connectivity index (χ1) is 31.0. The van der Waals surface area contributed by atoms with Crippen molar-refractivity contribution < 1.29 is 4.42 Å². The number of fused-ring (bicyclic) bond motifs is 13. The van der Waals surface area contributed by atoms with E-state index >= 15 is 0 Å². The summed E-state index contributed by atoms with van der Waals surface area (Å²) >= 11 is 1.89. The summed E-state index contributed by atoms with van der Waals surface area (Å²) < 4.78 is 8.93. The lowest BCUT2D eigenvalue weighted by Crippen LogP contribution is -2.18. The van der Waals surface area contributed by atoms with E-state index in [-0.39, 0.29) is 5.41 Å². The van der Waals surface area contributed by atoms with Crippen LogP contribution in [0.25, 0.3) is 119 Å². The average molecular weight is 821 g/mol. The first-order valence-corrected chi connectivity index (χ1v) is 23.0. The Hall–Kier alpha value is -7.26. The SMILES string of the molecule is CC1(C)C2=C(C=C(c3c4ccccc4c(-c4ccc5ccccc5c4)c4ccccc34)CC2)c2ccc(-c3ccc4sc5cc6ccc7oc8ccccc8c7c6cc5c4c3)cc21. The van der Waals surface area contributed by atoms with E-state index in [1.807, 2.05) is 11.3 Å². The zero-order valence-electron chi connectivity index (χ0n) is 35.1. The molecule has 0 atom stereocenters. The third kappa shape index (κ3) is 5.04. The molecule has 1 nitrogen and oxygen atoms in total. The van der Waals surface area contributed by atoms with E-state index in [0.29, 0.717) is 0 Å². The molecule has 0 saturated carbocycles. The van der Waals surface area contributed by atoms with Gasteiger partial charge in [-0.3, -0.25) is 0 Å². The standard InChI is InChI=1S/C61H40OS/c1-61(2)52-26-22-41(59-45-15-7-5-13-43(45)58(44-14-6-8-16-46(44)59)40-20-19-35-11-3-4-12-36(35)29-40)31-49(52)42-25-21-38(32-53(42)61)37-24-28-56-50(30-37)51-34-48-39(33-57(51)63-56)23-27-55-60(48)47-17-9-10-18-54(47)62-55/h3-21,23-25,27-34H,22,26H2,1-2H3. The van der Waals surface area contributed by atoms with Crippen LogP contribution in [0.1, 0.15) is 43.4 Å². The van der Waals surface area contributed by atoms with Crippen molar-refractivity contribution in [3.63, 3.8) is 0 Å². The maximum Gasteiger partial charge on any atom is 0.136 e. The Morgan fingerprint density at radius 3 is 1.90 bits per heavy atom. The summed E-state index contributed by atoms with van der Waals surface area (Å²) in [6.07, 6.45) is 4.63. The van der Waals surface area contributed by atoms with Crippen molar-refractivity contribution >= 4 is 108 Å². The van der Waals surface area contributed by atoms with Gasteiger partial charge in [0.25, 0.3) is 0 Å². The van der Waals surface area contributed by atoms with E-state index in [9.17, 15) is 0 Å². The number of benzene rings is 10. The van der Waals surface area contributed by atoms with Gasteiger partial charge < -0.3 is 4.42 Å². The fourth-order valence-electron chi connectivity index (χ4n) is 11.6. The lowest BCUT2D eigenvalue weighted by molar-refractivity contribution is 0.609. The number of hydrogen-bond donors (Lipinski definition) is 0. The molecule has 296 valence electrons. The fraction of sp³-hybridized carbons (Fsp3) is 0.0820. The number of rotatable bonds is 3. The van der Waals surface area contributed by atoms with E-state index in [2.05, 4.69) is 196 Å². The summed E-state index contributed by atoms with van der Waals surface area (Å²) in [6, 6.07) is 65.7. The monoisotopic (exact) mass is 820 g/mol. The Kier molecular flexibility index (Phi) is 7.23. The van der Waals surface area contributed by atoms with Gasteiger partial charge in [0.1, 0.15) is 11.2 Å². The number of furan rings is 1. The third-order valence-corrected chi connectivity index (χ3v) is 15.7. The Labute approximate surface area is 368 Å². The van der Waals surface area contributed by atoms with Gasteiger partial charge >= 0.3 is 0 Å². The zero-order valence-corrected chi connectivity index (χ0v) is 35.9.